The van der Waals surface area contributed by atoms with Gasteiger partial charge in [-0.2, -0.15) is 0 Å². The number of hydrogen-bond donors (Lipinski definition) is 0. The smallest absolute Gasteiger partial charge is 0.0406 e. The minimum Gasteiger partial charge on any atom is -0.0921 e. The quantitative estimate of drug-likeness (QED) is 0.596. The van der Waals surface area contributed by atoms with Gasteiger partial charge in [0.25, 0.3) is 0 Å². The van der Waals surface area contributed by atoms with Crippen molar-refractivity contribution in [2.45, 2.75) is 39.0 Å². The van der Waals surface area contributed by atoms with Gasteiger partial charge in [-0.25, -0.2) is 0 Å². The molecule has 1 aromatic rings. The third kappa shape index (κ3) is 4.10. The predicted octanol–water partition coefficient (Wildman–Crippen LogP) is 5.64. The van der Waals surface area contributed by atoms with E-state index in [2.05, 4.69) is 41.9 Å². The van der Waals surface area contributed by atoms with Crippen LogP contribution < -0.4 is 0 Å². The first-order valence-corrected chi connectivity index (χ1v) is 7.52. The molecule has 0 bridgehead atoms. The van der Waals surface area contributed by atoms with Gasteiger partial charge in [-0.1, -0.05) is 66.4 Å². The number of benzene rings is 1. The Labute approximate surface area is 113 Å². The molecule has 0 fully saturated rings. The Morgan fingerprint density at radius 2 is 1.69 bits per heavy atom. The number of hydrogen-bond acceptors (Lipinski definition) is 0. The highest BCUT2D eigenvalue weighted by atomic mass is 79.9. The second-order valence-electron chi connectivity index (χ2n) is 4.32. The zero-order valence-corrected chi connectivity index (χ0v) is 12.4. The summed E-state index contributed by atoms with van der Waals surface area (Å²) in [5, 5.41) is 1.85. The van der Waals surface area contributed by atoms with E-state index in [-0.39, 0.29) is 0 Å². The lowest BCUT2D eigenvalue weighted by molar-refractivity contribution is 0.425. The molecule has 16 heavy (non-hydrogen) atoms. The summed E-state index contributed by atoms with van der Waals surface area (Å²) < 4.78 is 0. The molecule has 0 aliphatic carbocycles. The van der Waals surface area contributed by atoms with E-state index >= 15 is 0 Å². The molecular weight excluding hydrogens is 284 g/mol. The fraction of sp³-hybridized carbons (Fsp3) is 0.571. The van der Waals surface area contributed by atoms with Gasteiger partial charge in [0.2, 0.25) is 0 Å². The third-order valence-corrected chi connectivity index (χ3v) is 4.33. The molecule has 0 aromatic heterocycles. The zero-order chi connectivity index (χ0) is 12.0. The van der Waals surface area contributed by atoms with Crippen LogP contribution in [0.2, 0.25) is 5.02 Å². The minimum absolute atomic E-state index is 0.613. The van der Waals surface area contributed by atoms with Crippen LogP contribution in [0, 0.1) is 5.92 Å². The minimum atomic E-state index is 0.613. The van der Waals surface area contributed by atoms with Crippen LogP contribution in [0.5, 0.6) is 0 Å². The topological polar surface area (TPSA) is 0 Å². The Kier molecular flexibility index (Phi) is 6.45. The Morgan fingerprint density at radius 3 is 2.12 bits per heavy atom. The highest BCUT2D eigenvalue weighted by molar-refractivity contribution is 9.09. The van der Waals surface area contributed by atoms with E-state index in [4.69, 9.17) is 11.6 Å². The van der Waals surface area contributed by atoms with E-state index in [1.54, 1.807) is 0 Å². The van der Waals surface area contributed by atoms with Crippen molar-refractivity contribution < 1.29 is 0 Å². The molecular formula is C14H20BrCl. The van der Waals surface area contributed by atoms with E-state index < -0.39 is 0 Å². The van der Waals surface area contributed by atoms with Crippen molar-refractivity contribution in [1.82, 2.24) is 0 Å². The highest BCUT2D eigenvalue weighted by Gasteiger charge is 2.14. The molecule has 0 saturated heterocycles. The lowest BCUT2D eigenvalue weighted by atomic mass is 9.87. The summed E-state index contributed by atoms with van der Waals surface area (Å²) in [5.41, 5.74) is 1.40. The lowest BCUT2D eigenvalue weighted by Gasteiger charge is -2.20. The second kappa shape index (κ2) is 7.34. The largest absolute Gasteiger partial charge is 0.0921 e. The van der Waals surface area contributed by atoms with E-state index in [0.717, 1.165) is 16.3 Å². The molecule has 2 heteroatoms. The average Bonchev–Trinajstić information content (AvgIpc) is 2.32. The predicted molar refractivity (Wildman–Crippen MR) is 76.7 cm³/mol. The maximum atomic E-state index is 5.91. The van der Waals surface area contributed by atoms with Crippen LogP contribution in [0.25, 0.3) is 0 Å². The zero-order valence-electron chi connectivity index (χ0n) is 10.0. The Hall–Kier alpha value is -0.0100. The fourth-order valence-electron chi connectivity index (χ4n) is 2.05. The van der Waals surface area contributed by atoms with Gasteiger partial charge in [0.15, 0.2) is 0 Å². The van der Waals surface area contributed by atoms with Crippen LogP contribution in [0.3, 0.4) is 0 Å². The van der Waals surface area contributed by atoms with Crippen LogP contribution in [-0.4, -0.2) is 5.33 Å². The maximum Gasteiger partial charge on any atom is 0.0406 e. The van der Waals surface area contributed by atoms with E-state index in [1.165, 1.54) is 24.8 Å². The van der Waals surface area contributed by atoms with Crippen molar-refractivity contribution in [2.24, 2.45) is 5.92 Å². The third-order valence-electron chi connectivity index (χ3n) is 3.30. The van der Waals surface area contributed by atoms with Crippen LogP contribution >= 0.6 is 27.5 Å². The van der Waals surface area contributed by atoms with Crippen LogP contribution in [0.15, 0.2) is 24.3 Å². The number of halogens is 2. The molecule has 0 heterocycles. The van der Waals surface area contributed by atoms with E-state index in [1.807, 2.05) is 12.1 Å². The monoisotopic (exact) mass is 302 g/mol. The van der Waals surface area contributed by atoms with Gasteiger partial charge in [0.05, 0.1) is 0 Å². The van der Waals surface area contributed by atoms with E-state index in [9.17, 15) is 0 Å². The molecule has 90 valence electrons. The molecule has 1 aromatic carbocycles. The van der Waals surface area contributed by atoms with Crippen molar-refractivity contribution in [3.05, 3.63) is 34.9 Å². The molecule has 1 rings (SSSR count). The summed E-state index contributed by atoms with van der Waals surface area (Å²) in [6.45, 7) is 4.56. The Balaban J connectivity index is 2.70. The standard InChI is InChI=1S/C14H20BrCl/c1-3-11(4-2)9-13(10-15)12-5-7-14(16)8-6-12/h5-8,11,13H,3-4,9-10H2,1-2H3. The van der Waals surface area contributed by atoms with Gasteiger partial charge in [0.1, 0.15) is 0 Å². The first kappa shape index (κ1) is 14.1. The van der Waals surface area contributed by atoms with Crippen LogP contribution in [0.1, 0.15) is 44.6 Å². The average molecular weight is 304 g/mol. The van der Waals surface area contributed by atoms with Gasteiger partial charge in [0, 0.05) is 10.4 Å². The summed E-state index contributed by atoms with van der Waals surface area (Å²) in [5.74, 6) is 1.44. The van der Waals surface area contributed by atoms with E-state index in [0.29, 0.717) is 5.92 Å². The Bertz CT molecular complexity index is 290. The van der Waals surface area contributed by atoms with Gasteiger partial charge < -0.3 is 0 Å². The summed E-state index contributed by atoms with van der Waals surface area (Å²) in [6, 6.07) is 8.27. The summed E-state index contributed by atoms with van der Waals surface area (Å²) in [6.07, 6.45) is 3.81. The first-order valence-electron chi connectivity index (χ1n) is 6.02. The molecule has 0 nitrogen and oxygen atoms in total. The molecule has 0 aliphatic rings. The Morgan fingerprint density at radius 1 is 1.12 bits per heavy atom. The first-order chi connectivity index (χ1) is 7.71. The molecule has 0 aliphatic heterocycles. The van der Waals surface area contributed by atoms with Gasteiger partial charge >= 0.3 is 0 Å². The van der Waals surface area contributed by atoms with Crippen molar-refractivity contribution in [3.8, 4) is 0 Å². The van der Waals surface area contributed by atoms with Gasteiger partial charge in [-0.3, -0.25) is 0 Å². The normalized spacial score (nSPS) is 13.1. The summed E-state index contributed by atoms with van der Waals surface area (Å²) in [7, 11) is 0. The second-order valence-corrected chi connectivity index (χ2v) is 5.40. The maximum absolute atomic E-state index is 5.91. The molecule has 0 radical (unpaired) electrons. The number of alkyl halides is 1. The van der Waals surface area contributed by atoms with Crippen molar-refractivity contribution in [1.29, 1.82) is 0 Å². The molecule has 0 spiro atoms. The molecule has 0 amide bonds. The highest BCUT2D eigenvalue weighted by Crippen LogP contribution is 2.29. The van der Waals surface area contributed by atoms with Crippen molar-refractivity contribution in [3.63, 3.8) is 0 Å². The van der Waals surface area contributed by atoms with Crippen molar-refractivity contribution >= 4 is 27.5 Å². The summed E-state index contributed by atoms with van der Waals surface area (Å²) in [4.78, 5) is 0. The lowest BCUT2D eigenvalue weighted by Crippen LogP contribution is -2.07. The molecule has 1 atom stereocenters. The van der Waals surface area contributed by atoms with Crippen molar-refractivity contribution in [2.75, 3.05) is 5.33 Å². The molecule has 1 unspecified atom stereocenters. The summed E-state index contributed by atoms with van der Waals surface area (Å²) >= 11 is 9.53. The van der Waals surface area contributed by atoms with Crippen LogP contribution in [0.4, 0.5) is 0 Å². The molecule has 0 saturated carbocycles. The number of rotatable bonds is 6. The SMILES string of the molecule is CCC(CC)CC(CBr)c1ccc(Cl)cc1. The van der Waals surface area contributed by atoms with Crippen LogP contribution in [-0.2, 0) is 0 Å². The van der Waals surface area contributed by atoms with Gasteiger partial charge in [-0.05, 0) is 36.0 Å². The van der Waals surface area contributed by atoms with Gasteiger partial charge in [-0.15, -0.1) is 0 Å². The molecule has 0 N–H and O–H groups in total. The fourth-order valence-corrected chi connectivity index (χ4v) is 2.81.